The van der Waals surface area contributed by atoms with E-state index in [4.69, 9.17) is 5.26 Å². The summed E-state index contributed by atoms with van der Waals surface area (Å²) in [5.74, 6) is -0.173. The van der Waals surface area contributed by atoms with Gasteiger partial charge in [0.05, 0.1) is 17.6 Å². The summed E-state index contributed by atoms with van der Waals surface area (Å²) in [4.78, 5) is 14.5. The molecule has 1 N–H and O–H groups in total. The predicted octanol–water partition coefficient (Wildman–Crippen LogP) is 3.44. The Labute approximate surface area is 127 Å². The highest BCUT2D eigenvalue weighted by Crippen LogP contribution is 2.20. The fraction of sp³-hybridized carbons (Fsp3) is 0.529. The van der Waals surface area contributed by atoms with E-state index in [1.165, 1.54) is 0 Å². The Kier molecular flexibility index (Phi) is 6.74. The van der Waals surface area contributed by atoms with Gasteiger partial charge in [0.25, 0.3) is 5.91 Å². The van der Waals surface area contributed by atoms with Gasteiger partial charge in [0.1, 0.15) is 0 Å². The van der Waals surface area contributed by atoms with Gasteiger partial charge in [-0.2, -0.15) is 5.26 Å². The lowest BCUT2D eigenvalue weighted by atomic mass is 10.1. The van der Waals surface area contributed by atoms with Crippen LogP contribution in [0.25, 0.3) is 0 Å². The normalized spacial score (nSPS) is 11.6. The molecular weight excluding hydrogens is 262 g/mol. The molecule has 1 amide bonds. The summed E-state index contributed by atoms with van der Waals surface area (Å²) in [5.41, 5.74) is 2.62. The highest BCUT2D eigenvalue weighted by molar-refractivity contribution is 5.99. The van der Waals surface area contributed by atoms with Crippen LogP contribution in [-0.2, 0) is 0 Å². The third kappa shape index (κ3) is 4.78. The highest BCUT2D eigenvalue weighted by Gasteiger charge is 2.19. The predicted molar refractivity (Wildman–Crippen MR) is 86.3 cm³/mol. The molecule has 1 rings (SSSR count). The molecule has 0 bridgehead atoms. The number of anilines is 1. The number of carbonyl (C=O) groups is 1. The maximum absolute atomic E-state index is 12.7. The number of hydrogen-bond acceptors (Lipinski definition) is 3. The first-order valence-electron chi connectivity index (χ1n) is 7.56. The van der Waals surface area contributed by atoms with Crippen LogP contribution < -0.4 is 5.32 Å². The van der Waals surface area contributed by atoms with Gasteiger partial charge in [-0.3, -0.25) is 4.79 Å². The van der Waals surface area contributed by atoms with Gasteiger partial charge in [-0.1, -0.05) is 18.6 Å². The third-order valence-corrected chi connectivity index (χ3v) is 3.35. The summed E-state index contributed by atoms with van der Waals surface area (Å²) >= 11 is 0. The van der Waals surface area contributed by atoms with Gasteiger partial charge in [-0.25, -0.2) is 0 Å². The Bertz CT molecular complexity index is 519. The van der Waals surface area contributed by atoms with Crippen molar-refractivity contribution in [3.8, 4) is 6.07 Å². The lowest BCUT2D eigenvalue weighted by Crippen LogP contribution is -2.34. The Balaban J connectivity index is 3.03. The maximum Gasteiger partial charge on any atom is 0.255 e. The SMILES string of the molecule is CCCNc1ccc(C)cc1C(=O)N(CC)CC(C)C#N. The van der Waals surface area contributed by atoms with E-state index in [1.54, 1.807) is 4.90 Å². The van der Waals surface area contributed by atoms with E-state index in [2.05, 4.69) is 18.3 Å². The zero-order valence-corrected chi connectivity index (χ0v) is 13.4. The highest BCUT2D eigenvalue weighted by atomic mass is 16.2. The summed E-state index contributed by atoms with van der Waals surface area (Å²) in [5, 5.41) is 12.3. The summed E-state index contributed by atoms with van der Waals surface area (Å²) in [7, 11) is 0. The smallest absolute Gasteiger partial charge is 0.255 e. The van der Waals surface area contributed by atoms with Crippen LogP contribution in [0.15, 0.2) is 18.2 Å². The first kappa shape index (κ1) is 17.0. The van der Waals surface area contributed by atoms with Gasteiger partial charge >= 0.3 is 0 Å². The van der Waals surface area contributed by atoms with Crippen molar-refractivity contribution in [3.63, 3.8) is 0 Å². The molecule has 4 heteroatoms. The first-order chi connectivity index (χ1) is 10.0. The van der Waals surface area contributed by atoms with E-state index in [0.717, 1.165) is 24.2 Å². The van der Waals surface area contributed by atoms with E-state index in [0.29, 0.717) is 18.7 Å². The van der Waals surface area contributed by atoms with Crippen molar-refractivity contribution in [2.24, 2.45) is 5.92 Å². The van der Waals surface area contributed by atoms with Gasteiger partial charge in [0, 0.05) is 25.3 Å². The number of carbonyl (C=O) groups excluding carboxylic acids is 1. The first-order valence-corrected chi connectivity index (χ1v) is 7.56. The zero-order chi connectivity index (χ0) is 15.8. The molecule has 0 fully saturated rings. The number of rotatable bonds is 7. The largest absolute Gasteiger partial charge is 0.384 e. The minimum atomic E-state index is -0.161. The molecule has 0 radical (unpaired) electrons. The van der Waals surface area contributed by atoms with Crippen molar-refractivity contribution in [1.82, 2.24) is 4.90 Å². The average molecular weight is 287 g/mol. The van der Waals surface area contributed by atoms with Crippen molar-refractivity contribution in [1.29, 1.82) is 5.26 Å². The molecule has 0 spiro atoms. The molecule has 0 saturated heterocycles. The van der Waals surface area contributed by atoms with Crippen LogP contribution in [0.1, 0.15) is 43.1 Å². The van der Waals surface area contributed by atoms with Gasteiger partial charge in [0.2, 0.25) is 0 Å². The van der Waals surface area contributed by atoms with Crippen LogP contribution in [0, 0.1) is 24.2 Å². The average Bonchev–Trinajstić information content (AvgIpc) is 2.50. The van der Waals surface area contributed by atoms with E-state index in [1.807, 2.05) is 39.0 Å². The number of nitrogens with zero attached hydrogens (tertiary/aromatic N) is 2. The zero-order valence-electron chi connectivity index (χ0n) is 13.4. The van der Waals surface area contributed by atoms with Gasteiger partial charge in [-0.05, 0) is 39.3 Å². The van der Waals surface area contributed by atoms with Crippen molar-refractivity contribution < 1.29 is 4.79 Å². The number of nitrogens with one attached hydrogen (secondary N) is 1. The molecule has 0 aliphatic rings. The summed E-state index contributed by atoms with van der Waals surface area (Å²) in [6, 6.07) is 8.06. The lowest BCUT2D eigenvalue weighted by Gasteiger charge is -2.23. The van der Waals surface area contributed by atoms with Crippen LogP contribution in [0.3, 0.4) is 0 Å². The van der Waals surface area contributed by atoms with Gasteiger partial charge < -0.3 is 10.2 Å². The standard InChI is InChI=1S/C17H25N3O/c1-5-9-19-16-8-7-13(3)10-15(16)17(21)20(6-2)12-14(4)11-18/h7-8,10,14,19H,5-6,9,12H2,1-4H3. The van der Waals surface area contributed by atoms with Crippen LogP contribution >= 0.6 is 0 Å². The number of amides is 1. The Morgan fingerprint density at radius 1 is 1.43 bits per heavy atom. The minimum absolute atomic E-state index is 0.0121. The number of hydrogen-bond donors (Lipinski definition) is 1. The van der Waals surface area contributed by atoms with Crippen molar-refractivity contribution in [2.75, 3.05) is 25.0 Å². The van der Waals surface area contributed by atoms with Crippen LogP contribution in [0.2, 0.25) is 0 Å². The van der Waals surface area contributed by atoms with Crippen molar-refractivity contribution in [3.05, 3.63) is 29.3 Å². The molecule has 0 aliphatic heterocycles. The topological polar surface area (TPSA) is 56.1 Å². The molecule has 0 aromatic heterocycles. The second-order valence-corrected chi connectivity index (χ2v) is 5.35. The molecule has 1 unspecified atom stereocenters. The van der Waals surface area contributed by atoms with E-state index < -0.39 is 0 Å². The summed E-state index contributed by atoms with van der Waals surface area (Å²) in [6.07, 6.45) is 1.00. The molecule has 0 aliphatic carbocycles. The molecule has 1 aromatic rings. The number of benzene rings is 1. The monoisotopic (exact) mass is 287 g/mol. The van der Waals surface area contributed by atoms with Crippen molar-refractivity contribution >= 4 is 11.6 Å². The lowest BCUT2D eigenvalue weighted by molar-refractivity contribution is 0.0753. The molecule has 4 nitrogen and oxygen atoms in total. The maximum atomic E-state index is 12.7. The number of aryl methyl sites for hydroxylation is 1. The quantitative estimate of drug-likeness (QED) is 0.835. The molecule has 21 heavy (non-hydrogen) atoms. The van der Waals surface area contributed by atoms with Crippen LogP contribution in [0.5, 0.6) is 0 Å². The molecule has 1 aromatic carbocycles. The molecular formula is C17H25N3O. The van der Waals surface area contributed by atoms with E-state index in [9.17, 15) is 4.79 Å². The van der Waals surface area contributed by atoms with Crippen LogP contribution in [0.4, 0.5) is 5.69 Å². The third-order valence-electron chi connectivity index (χ3n) is 3.35. The Morgan fingerprint density at radius 3 is 2.71 bits per heavy atom. The van der Waals surface area contributed by atoms with Gasteiger partial charge in [-0.15, -0.1) is 0 Å². The fourth-order valence-electron chi connectivity index (χ4n) is 2.15. The van der Waals surface area contributed by atoms with E-state index >= 15 is 0 Å². The second-order valence-electron chi connectivity index (χ2n) is 5.35. The number of nitriles is 1. The summed E-state index contributed by atoms with van der Waals surface area (Å²) < 4.78 is 0. The fourth-order valence-corrected chi connectivity index (χ4v) is 2.15. The Hall–Kier alpha value is -2.02. The Morgan fingerprint density at radius 2 is 2.14 bits per heavy atom. The van der Waals surface area contributed by atoms with Crippen LogP contribution in [-0.4, -0.2) is 30.4 Å². The van der Waals surface area contributed by atoms with E-state index in [-0.39, 0.29) is 11.8 Å². The molecule has 0 heterocycles. The molecule has 1 atom stereocenters. The molecule has 0 saturated carbocycles. The van der Waals surface area contributed by atoms with Crippen molar-refractivity contribution in [2.45, 2.75) is 34.1 Å². The van der Waals surface area contributed by atoms with Gasteiger partial charge in [0.15, 0.2) is 0 Å². The summed E-state index contributed by atoms with van der Waals surface area (Å²) in [6.45, 7) is 9.76. The minimum Gasteiger partial charge on any atom is -0.384 e. The second kappa shape index (κ2) is 8.31. The molecule has 114 valence electrons.